The predicted molar refractivity (Wildman–Crippen MR) is 111 cm³/mol. The lowest BCUT2D eigenvalue weighted by Crippen LogP contribution is -2.27. The van der Waals surface area contributed by atoms with E-state index in [9.17, 15) is 14.7 Å². The van der Waals surface area contributed by atoms with E-state index in [1.165, 1.54) is 6.92 Å². The standard InChI is InChI=1S/C22H29N3O5/c1-14(26)30-19-11-16(10-18(19)27)17-12-20(25(24-17)22(2,3)4)23-21(28)29-13-15-8-6-5-7-9-15/h5-9,12,16,18-19,27H,10-11,13H2,1-4H3,(H,23,28). The van der Waals surface area contributed by atoms with E-state index >= 15 is 0 Å². The third kappa shape index (κ3) is 5.38. The number of hydrogen-bond acceptors (Lipinski definition) is 6. The van der Waals surface area contributed by atoms with Crippen LogP contribution in [0.1, 0.15) is 57.7 Å². The average molecular weight is 415 g/mol. The number of aromatic nitrogens is 2. The molecule has 0 radical (unpaired) electrons. The Morgan fingerprint density at radius 3 is 2.57 bits per heavy atom. The van der Waals surface area contributed by atoms with Crippen LogP contribution in [-0.2, 0) is 26.4 Å². The van der Waals surface area contributed by atoms with Crippen molar-refractivity contribution in [3.8, 4) is 0 Å². The quantitative estimate of drug-likeness (QED) is 0.724. The molecule has 0 spiro atoms. The average Bonchev–Trinajstić information content (AvgIpc) is 3.24. The molecule has 1 aliphatic rings. The first-order valence-corrected chi connectivity index (χ1v) is 10.1. The van der Waals surface area contributed by atoms with Gasteiger partial charge in [0.05, 0.1) is 17.3 Å². The second kappa shape index (κ2) is 8.87. The van der Waals surface area contributed by atoms with E-state index in [-0.39, 0.29) is 18.1 Å². The van der Waals surface area contributed by atoms with Crippen molar-refractivity contribution in [3.05, 3.63) is 47.7 Å². The normalized spacial score (nSPS) is 21.3. The van der Waals surface area contributed by atoms with Gasteiger partial charge in [-0.15, -0.1) is 0 Å². The van der Waals surface area contributed by atoms with Gasteiger partial charge in [-0.2, -0.15) is 5.10 Å². The third-order valence-corrected chi connectivity index (χ3v) is 5.01. The summed E-state index contributed by atoms with van der Waals surface area (Å²) in [5.41, 5.74) is 1.25. The van der Waals surface area contributed by atoms with Gasteiger partial charge in [0.2, 0.25) is 0 Å². The van der Waals surface area contributed by atoms with Crippen LogP contribution < -0.4 is 5.32 Å². The fourth-order valence-electron chi connectivity index (χ4n) is 3.62. The Kier molecular flexibility index (Phi) is 6.45. The minimum absolute atomic E-state index is 0.0751. The number of carbonyl (C=O) groups excluding carboxylic acids is 2. The lowest BCUT2D eigenvalue weighted by molar-refractivity contribution is -0.150. The number of aliphatic hydroxyl groups excluding tert-OH is 1. The maximum Gasteiger partial charge on any atom is 0.413 e. The molecular formula is C22H29N3O5. The fourth-order valence-corrected chi connectivity index (χ4v) is 3.62. The zero-order valence-electron chi connectivity index (χ0n) is 17.8. The maximum atomic E-state index is 12.3. The van der Waals surface area contributed by atoms with Crippen LogP contribution in [0.5, 0.6) is 0 Å². The van der Waals surface area contributed by atoms with Crippen LogP contribution in [0.4, 0.5) is 10.6 Å². The van der Waals surface area contributed by atoms with Crippen LogP contribution >= 0.6 is 0 Å². The highest BCUT2D eigenvalue weighted by Gasteiger charge is 2.38. The molecule has 0 bridgehead atoms. The Morgan fingerprint density at radius 1 is 1.23 bits per heavy atom. The van der Waals surface area contributed by atoms with Gasteiger partial charge in [0.1, 0.15) is 18.5 Å². The topological polar surface area (TPSA) is 103 Å². The van der Waals surface area contributed by atoms with E-state index in [1.54, 1.807) is 10.7 Å². The number of amides is 1. The zero-order chi connectivity index (χ0) is 21.9. The van der Waals surface area contributed by atoms with E-state index in [1.807, 2.05) is 51.1 Å². The van der Waals surface area contributed by atoms with Crippen LogP contribution in [0.2, 0.25) is 0 Å². The van der Waals surface area contributed by atoms with E-state index in [2.05, 4.69) is 10.4 Å². The second-order valence-corrected chi connectivity index (χ2v) is 8.61. The van der Waals surface area contributed by atoms with Gasteiger partial charge in [0.25, 0.3) is 0 Å². The van der Waals surface area contributed by atoms with Gasteiger partial charge >= 0.3 is 12.1 Å². The van der Waals surface area contributed by atoms with Gasteiger partial charge in [-0.05, 0) is 39.2 Å². The number of esters is 1. The number of aliphatic hydroxyl groups is 1. The molecule has 1 heterocycles. The second-order valence-electron chi connectivity index (χ2n) is 8.61. The van der Waals surface area contributed by atoms with Gasteiger partial charge < -0.3 is 14.6 Å². The van der Waals surface area contributed by atoms with Crippen molar-refractivity contribution in [3.63, 3.8) is 0 Å². The van der Waals surface area contributed by atoms with Crippen LogP contribution in [0.25, 0.3) is 0 Å². The SMILES string of the molecule is CC(=O)OC1CC(c2cc(NC(=O)OCc3ccccc3)n(C(C)(C)C)n2)CC1O. The van der Waals surface area contributed by atoms with Crippen LogP contribution in [0.3, 0.4) is 0 Å². The third-order valence-electron chi connectivity index (χ3n) is 5.01. The Labute approximate surface area is 176 Å². The fraction of sp³-hybridized carbons (Fsp3) is 0.500. The molecule has 0 aliphatic heterocycles. The van der Waals surface area contributed by atoms with E-state index in [0.29, 0.717) is 18.7 Å². The van der Waals surface area contributed by atoms with Crippen LogP contribution in [0.15, 0.2) is 36.4 Å². The number of carbonyl (C=O) groups is 2. The molecule has 3 atom stereocenters. The Balaban J connectivity index is 1.72. The van der Waals surface area contributed by atoms with Crippen molar-refractivity contribution in [2.45, 2.75) is 70.8 Å². The molecule has 1 aromatic heterocycles. The number of rotatable bonds is 5. The zero-order valence-corrected chi connectivity index (χ0v) is 17.8. The van der Waals surface area contributed by atoms with Crippen molar-refractivity contribution in [1.82, 2.24) is 9.78 Å². The molecule has 1 amide bonds. The summed E-state index contributed by atoms with van der Waals surface area (Å²) in [6.45, 7) is 7.44. The molecule has 1 saturated carbocycles. The molecule has 162 valence electrons. The number of benzene rings is 1. The number of anilines is 1. The first-order valence-electron chi connectivity index (χ1n) is 10.1. The first-order chi connectivity index (χ1) is 14.1. The molecule has 3 rings (SSSR count). The number of hydrogen-bond donors (Lipinski definition) is 2. The number of ether oxygens (including phenoxy) is 2. The summed E-state index contributed by atoms with van der Waals surface area (Å²) in [6.07, 6.45) is -0.915. The van der Waals surface area contributed by atoms with Gasteiger partial charge in [0.15, 0.2) is 0 Å². The van der Waals surface area contributed by atoms with Gasteiger partial charge in [-0.3, -0.25) is 10.1 Å². The molecule has 1 fully saturated rings. The monoisotopic (exact) mass is 415 g/mol. The number of nitrogens with zero attached hydrogens (tertiary/aromatic N) is 2. The van der Waals surface area contributed by atoms with E-state index < -0.39 is 24.3 Å². The first kappa shape index (κ1) is 21.8. The molecule has 3 unspecified atom stereocenters. The Bertz CT molecular complexity index is 888. The van der Waals surface area contributed by atoms with Crippen molar-refractivity contribution >= 4 is 17.9 Å². The molecule has 8 heteroatoms. The highest BCUT2D eigenvalue weighted by atomic mass is 16.6. The summed E-state index contributed by atoms with van der Waals surface area (Å²) in [5, 5.41) is 17.7. The van der Waals surface area contributed by atoms with E-state index in [4.69, 9.17) is 9.47 Å². The molecular weight excluding hydrogens is 386 g/mol. The van der Waals surface area contributed by atoms with Crippen molar-refractivity contribution in [2.75, 3.05) is 5.32 Å². The summed E-state index contributed by atoms with van der Waals surface area (Å²) < 4.78 is 12.3. The van der Waals surface area contributed by atoms with Crippen LogP contribution in [0, 0.1) is 0 Å². The summed E-state index contributed by atoms with van der Waals surface area (Å²) in [5.74, 6) is 0.0262. The number of nitrogens with one attached hydrogen (secondary N) is 1. The molecule has 0 saturated heterocycles. The van der Waals surface area contributed by atoms with Crippen molar-refractivity contribution < 1.29 is 24.2 Å². The van der Waals surface area contributed by atoms with E-state index in [0.717, 1.165) is 11.3 Å². The minimum Gasteiger partial charge on any atom is -0.460 e. The molecule has 2 aromatic rings. The maximum absolute atomic E-state index is 12.3. The lowest BCUT2D eigenvalue weighted by Gasteiger charge is -2.22. The largest absolute Gasteiger partial charge is 0.460 e. The Morgan fingerprint density at radius 2 is 1.93 bits per heavy atom. The highest BCUT2D eigenvalue weighted by molar-refractivity contribution is 5.83. The van der Waals surface area contributed by atoms with Crippen molar-refractivity contribution in [2.24, 2.45) is 0 Å². The molecule has 30 heavy (non-hydrogen) atoms. The summed E-state index contributed by atoms with van der Waals surface area (Å²) in [7, 11) is 0. The predicted octanol–water partition coefficient (Wildman–Crippen LogP) is 3.56. The summed E-state index contributed by atoms with van der Waals surface area (Å²) in [6, 6.07) is 11.2. The molecule has 2 N–H and O–H groups in total. The molecule has 1 aliphatic carbocycles. The van der Waals surface area contributed by atoms with Gasteiger partial charge in [0, 0.05) is 18.9 Å². The molecule has 1 aromatic carbocycles. The Hall–Kier alpha value is -2.87. The molecule has 8 nitrogen and oxygen atoms in total. The van der Waals surface area contributed by atoms with Crippen LogP contribution in [-0.4, -0.2) is 39.2 Å². The van der Waals surface area contributed by atoms with Gasteiger partial charge in [-0.25, -0.2) is 9.48 Å². The smallest absolute Gasteiger partial charge is 0.413 e. The van der Waals surface area contributed by atoms with Gasteiger partial charge in [-0.1, -0.05) is 30.3 Å². The summed E-state index contributed by atoms with van der Waals surface area (Å²) >= 11 is 0. The minimum atomic E-state index is -0.731. The highest BCUT2D eigenvalue weighted by Crippen LogP contribution is 2.37. The van der Waals surface area contributed by atoms with Crippen molar-refractivity contribution in [1.29, 1.82) is 0 Å². The lowest BCUT2D eigenvalue weighted by atomic mass is 10.0. The summed E-state index contributed by atoms with van der Waals surface area (Å²) in [4.78, 5) is 23.6.